The molecule has 0 aromatic heterocycles. The van der Waals surface area contributed by atoms with Gasteiger partial charge >= 0.3 is 16.4 Å². The zero-order valence-electron chi connectivity index (χ0n) is 21.3. The Morgan fingerprint density at radius 3 is 1.33 bits per heavy atom. The number of carbonyl (C=O) groups is 1. The van der Waals surface area contributed by atoms with Crippen LogP contribution in [0.1, 0.15) is 100 Å². The van der Waals surface area contributed by atoms with Gasteiger partial charge in [-0.1, -0.05) is 137 Å². The topological polar surface area (TPSA) is 123 Å². The van der Waals surface area contributed by atoms with Gasteiger partial charge in [0.25, 0.3) is 0 Å². The van der Waals surface area contributed by atoms with Crippen molar-refractivity contribution in [1.29, 1.82) is 0 Å². The first kappa shape index (κ1) is 67.7. The summed E-state index contributed by atoms with van der Waals surface area (Å²) >= 11 is 0. The van der Waals surface area contributed by atoms with E-state index in [1.807, 2.05) is 50.2 Å². The molecule has 2 N–H and O–H groups in total. The largest absolute Gasteiger partial charge is 0.491 e. The van der Waals surface area contributed by atoms with Crippen LogP contribution in [0.2, 0.25) is 0 Å². The predicted octanol–water partition coefficient (Wildman–Crippen LogP) is 9.93. The Morgan fingerprint density at radius 1 is 0.698 bits per heavy atom. The van der Waals surface area contributed by atoms with Crippen LogP contribution in [0.3, 0.4) is 0 Å². The van der Waals surface area contributed by atoms with Crippen molar-refractivity contribution in [2.45, 2.75) is 100 Å². The summed E-state index contributed by atoms with van der Waals surface area (Å²) in [7, 11) is -4.08. The average Bonchev–Trinajstić information content (AvgIpc) is 2.88. The van der Waals surface area contributed by atoms with Crippen molar-refractivity contribution >= 4 is 16.4 Å². The SMILES string of the molecule is C.C.C.C.C.C.C.C.C=C(C)C(=O)OCCOc1ccccc1.CC.CCC.NOS(=O)(=O)OCCOc1ccccc1. The predicted molar refractivity (Wildman–Crippen MR) is 191 cm³/mol. The number of carbonyl (C=O) groups excluding carboxylic acids is 1. The molecule has 0 amide bonds. The van der Waals surface area contributed by atoms with E-state index in [1.54, 1.807) is 31.2 Å². The molecule has 2 rings (SSSR count). The third-order valence-electron chi connectivity index (χ3n) is 3.12. The highest BCUT2D eigenvalue weighted by Gasteiger charge is 2.08. The fraction of sp³-hybridized carbons (Fsp3) is 0.545. The maximum atomic E-state index is 11.0. The summed E-state index contributed by atoms with van der Waals surface area (Å²) in [4.78, 5) is 11.0. The smallest absolute Gasteiger partial charge is 0.416 e. The summed E-state index contributed by atoms with van der Waals surface area (Å²) in [5, 5.41) is 0. The van der Waals surface area contributed by atoms with Crippen LogP contribution in [-0.4, -0.2) is 40.8 Å². The third kappa shape index (κ3) is 43.7. The number of hydrogen-bond donors (Lipinski definition) is 1. The summed E-state index contributed by atoms with van der Waals surface area (Å²) < 4.78 is 44.4. The van der Waals surface area contributed by atoms with E-state index < -0.39 is 10.4 Å². The number of nitrogens with two attached hydrogens (primary N) is 1. The van der Waals surface area contributed by atoms with Crippen molar-refractivity contribution < 1.29 is 35.9 Å². The molecule has 0 aliphatic heterocycles. The van der Waals surface area contributed by atoms with Crippen LogP contribution >= 0.6 is 0 Å². The summed E-state index contributed by atoms with van der Waals surface area (Å²) in [6.45, 7) is 13.9. The second-order valence-electron chi connectivity index (χ2n) is 6.27. The molecule has 0 saturated heterocycles. The molecule has 262 valence electrons. The van der Waals surface area contributed by atoms with Gasteiger partial charge in [-0.3, -0.25) is 0 Å². The Bertz CT molecular complexity index is 878. The van der Waals surface area contributed by atoms with Crippen molar-refractivity contribution in [3.8, 4) is 11.5 Å². The van der Waals surface area contributed by atoms with E-state index in [2.05, 4.69) is 34.8 Å². The van der Waals surface area contributed by atoms with Crippen molar-refractivity contribution in [2.75, 3.05) is 26.4 Å². The molecule has 0 saturated carbocycles. The third-order valence-corrected chi connectivity index (χ3v) is 3.81. The molecule has 0 atom stereocenters. The van der Waals surface area contributed by atoms with Crippen LogP contribution < -0.4 is 15.4 Å². The lowest BCUT2D eigenvalue weighted by molar-refractivity contribution is -0.139. The molecular weight excluding hydrogens is 570 g/mol. The molecule has 43 heavy (non-hydrogen) atoms. The lowest BCUT2D eigenvalue weighted by Gasteiger charge is -2.06. The summed E-state index contributed by atoms with van der Waals surface area (Å²) in [5.41, 5.74) is 0.398. The van der Waals surface area contributed by atoms with Gasteiger partial charge in [0.15, 0.2) is 0 Å². The Labute approximate surface area is 269 Å². The summed E-state index contributed by atoms with van der Waals surface area (Å²) in [6.07, 6.45) is 1.25. The highest BCUT2D eigenvalue weighted by atomic mass is 32.3. The van der Waals surface area contributed by atoms with Crippen molar-refractivity contribution in [3.63, 3.8) is 0 Å². The van der Waals surface area contributed by atoms with E-state index in [9.17, 15) is 13.2 Å². The molecular formula is C33H71NO8S. The molecule has 0 bridgehead atoms. The normalized spacial score (nSPS) is 7.77. The van der Waals surface area contributed by atoms with Crippen molar-refractivity contribution in [3.05, 3.63) is 72.8 Å². The number of hydrogen-bond acceptors (Lipinski definition) is 9. The molecule has 0 unspecified atom stereocenters. The van der Waals surface area contributed by atoms with E-state index in [0.29, 0.717) is 17.9 Å². The van der Waals surface area contributed by atoms with Crippen LogP contribution in [0, 0.1) is 0 Å². The molecule has 2 aromatic rings. The first-order valence-corrected chi connectivity index (χ1v) is 12.5. The molecule has 2 aromatic carbocycles. The van der Waals surface area contributed by atoms with Crippen LogP contribution in [-0.2, 0) is 28.4 Å². The van der Waals surface area contributed by atoms with Gasteiger partial charge in [-0.2, -0.15) is 18.6 Å². The van der Waals surface area contributed by atoms with E-state index in [4.69, 9.17) is 14.2 Å². The number of esters is 1. The fourth-order valence-electron chi connectivity index (χ4n) is 1.77. The molecule has 0 spiro atoms. The van der Waals surface area contributed by atoms with E-state index >= 15 is 0 Å². The van der Waals surface area contributed by atoms with E-state index in [-0.39, 0.29) is 85.2 Å². The number of ether oxygens (including phenoxy) is 3. The van der Waals surface area contributed by atoms with Crippen molar-refractivity contribution in [2.24, 2.45) is 5.90 Å². The number of para-hydroxylation sites is 2. The Morgan fingerprint density at radius 2 is 1.02 bits per heavy atom. The van der Waals surface area contributed by atoms with Gasteiger partial charge in [0.05, 0.1) is 0 Å². The summed E-state index contributed by atoms with van der Waals surface area (Å²) in [5.74, 6) is 5.46. The van der Waals surface area contributed by atoms with E-state index in [1.165, 1.54) is 6.42 Å². The molecule has 0 aliphatic rings. The van der Waals surface area contributed by atoms with Gasteiger partial charge in [0.2, 0.25) is 0 Å². The van der Waals surface area contributed by atoms with Gasteiger partial charge in [-0.05, 0) is 31.2 Å². The van der Waals surface area contributed by atoms with Crippen LogP contribution in [0.25, 0.3) is 0 Å². The van der Waals surface area contributed by atoms with Crippen LogP contribution in [0.5, 0.6) is 11.5 Å². The molecule has 0 heterocycles. The second-order valence-corrected chi connectivity index (χ2v) is 7.52. The van der Waals surface area contributed by atoms with Crippen LogP contribution in [0.15, 0.2) is 72.8 Å². The molecule has 10 heteroatoms. The fourth-order valence-corrected chi connectivity index (χ4v) is 2.10. The van der Waals surface area contributed by atoms with Gasteiger partial charge < -0.3 is 14.2 Å². The average molecular weight is 642 g/mol. The molecule has 0 aliphatic carbocycles. The zero-order chi connectivity index (χ0) is 27.0. The minimum Gasteiger partial charge on any atom is -0.491 e. The van der Waals surface area contributed by atoms with Gasteiger partial charge in [0.1, 0.15) is 37.9 Å². The molecule has 0 radical (unpaired) electrons. The Hall–Kier alpha value is -2.92. The molecule has 9 nitrogen and oxygen atoms in total. The second kappa shape index (κ2) is 46.0. The first-order valence-electron chi connectivity index (χ1n) is 11.2. The Balaban J connectivity index is -0.0000000473. The van der Waals surface area contributed by atoms with Gasteiger partial charge in [-0.25, -0.2) is 8.98 Å². The minimum absolute atomic E-state index is 0. The van der Waals surface area contributed by atoms with Gasteiger partial charge in [-0.15, -0.1) is 0 Å². The lowest BCUT2D eigenvalue weighted by Crippen LogP contribution is -2.17. The maximum absolute atomic E-state index is 11.0. The number of rotatable bonds is 11. The lowest BCUT2D eigenvalue weighted by atomic mass is 10.3. The monoisotopic (exact) mass is 641 g/mol. The quantitative estimate of drug-likeness (QED) is 0.110. The minimum atomic E-state index is -4.08. The highest BCUT2D eigenvalue weighted by molar-refractivity contribution is 7.81. The molecule has 0 fully saturated rings. The standard InChI is InChI=1S/C12H14O3.C8H11NO5S.C3H8.C2H6.8CH4/c1-10(2)12(13)15-9-8-14-11-6-4-3-5-7-11;9-14-15(10,11)13-7-6-12-8-4-2-1-3-5-8;1-3-2;1-2;;;;;;;;/h3-7H,1,8-9H2,2H3;1-5H,6-7,9H2;3H2,1-2H3;1-2H3;8*1H4. The number of benzene rings is 2. The van der Waals surface area contributed by atoms with Crippen molar-refractivity contribution in [1.82, 2.24) is 0 Å². The maximum Gasteiger partial charge on any atom is 0.416 e. The zero-order valence-corrected chi connectivity index (χ0v) is 22.1. The van der Waals surface area contributed by atoms with Crippen LogP contribution in [0.4, 0.5) is 0 Å². The summed E-state index contributed by atoms with van der Waals surface area (Å²) in [6, 6.07) is 18.3. The first-order chi connectivity index (χ1) is 16.8. The Kier molecular flexibility index (Phi) is 72.5. The van der Waals surface area contributed by atoms with E-state index in [0.717, 1.165) is 5.75 Å². The van der Waals surface area contributed by atoms with Gasteiger partial charge in [0, 0.05) is 5.57 Å². The highest BCUT2D eigenvalue weighted by Crippen LogP contribution is 2.08.